The molecule has 0 spiro atoms. The lowest BCUT2D eigenvalue weighted by molar-refractivity contribution is 0.0697. The second kappa shape index (κ2) is 6.41. The summed E-state index contributed by atoms with van der Waals surface area (Å²) < 4.78 is 1.82. The molecule has 0 bridgehead atoms. The molecule has 4 aromatic rings. The fraction of sp³-hybridized carbons (Fsp3) is 0.0526. The number of nitrogen functional groups attached to an aromatic ring is 1. The van der Waals surface area contributed by atoms with E-state index in [1.807, 2.05) is 35.8 Å². The summed E-state index contributed by atoms with van der Waals surface area (Å²) in [7, 11) is 0. The van der Waals surface area contributed by atoms with E-state index in [4.69, 9.17) is 5.73 Å². The Morgan fingerprint density at radius 3 is 2.74 bits per heavy atom. The van der Waals surface area contributed by atoms with Crippen molar-refractivity contribution in [1.29, 1.82) is 0 Å². The highest BCUT2D eigenvalue weighted by atomic mass is 16.4. The third-order valence-electron chi connectivity index (χ3n) is 4.19. The van der Waals surface area contributed by atoms with Crippen LogP contribution >= 0.6 is 0 Å². The molecule has 2 heterocycles. The monoisotopic (exact) mass is 360 g/mol. The molecule has 0 aliphatic heterocycles. The molecule has 0 aliphatic rings. The summed E-state index contributed by atoms with van der Waals surface area (Å²) in [6.45, 7) is 1.89. The number of rotatable bonds is 4. The van der Waals surface area contributed by atoms with Gasteiger partial charge in [-0.15, -0.1) is 0 Å². The fourth-order valence-electron chi connectivity index (χ4n) is 2.84. The number of carboxylic acids is 1. The number of nitrogens with two attached hydrogens (primary N) is 1. The first-order valence-electron chi connectivity index (χ1n) is 8.19. The van der Waals surface area contributed by atoms with Crippen LogP contribution in [0.4, 0.5) is 17.5 Å². The van der Waals surface area contributed by atoms with Crippen LogP contribution < -0.4 is 11.1 Å². The number of carboxylic acid groups (broad SMARTS) is 1. The predicted octanol–water partition coefficient (Wildman–Crippen LogP) is 3.15. The van der Waals surface area contributed by atoms with E-state index < -0.39 is 5.97 Å². The van der Waals surface area contributed by atoms with Crippen LogP contribution in [0.25, 0.3) is 16.9 Å². The summed E-state index contributed by atoms with van der Waals surface area (Å²) >= 11 is 0. The van der Waals surface area contributed by atoms with Crippen LogP contribution in [-0.2, 0) is 0 Å². The topological polar surface area (TPSA) is 119 Å². The van der Waals surface area contributed by atoms with Crippen molar-refractivity contribution in [3.8, 4) is 5.82 Å². The molecule has 0 radical (unpaired) electrons. The van der Waals surface area contributed by atoms with Crippen molar-refractivity contribution in [3.05, 3.63) is 66.0 Å². The Hall–Kier alpha value is -3.94. The molecule has 0 fully saturated rings. The minimum absolute atomic E-state index is 0.192. The van der Waals surface area contributed by atoms with E-state index >= 15 is 0 Å². The van der Waals surface area contributed by atoms with Crippen molar-refractivity contribution in [2.45, 2.75) is 6.92 Å². The lowest BCUT2D eigenvalue weighted by atomic mass is 10.1. The molecule has 8 heteroatoms. The summed E-state index contributed by atoms with van der Waals surface area (Å²) in [6.07, 6.45) is 1.39. The zero-order valence-electron chi connectivity index (χ0n) is 14.4. The number of hydrogen-bond acceptors (Lipinski definition) is 6. The Morgan fingerprint density at radius 2 is 1.96 bits per heavy atom. The maximum atomic E-state index is 11.3. The molecule has 4 N–H and O–H groups in total. The van der Waals surface area contributed by atoms with E-state index in [1.165, 1.54) is 6.33 Å². The molecule has 0 saturated carbocycles. The van der Waals surface area contributed by atoms with Gasteiger partial charge in [0.1, 0.15) is 18.0 Å². The van der Waals surface area contributed by atoms with Gasteiger partial charge in [-0.1, -0.05) is 18.2 Å². The number of nitrogens with one attached hydrogen (secondary N) is 1. The van der Waals surface area contributed by atoms with Crippen molar-refractivity contribution < 1.29 is 9.90 Å². The average molecular weight is 360 g/mol. The maximum absolute atomic E-state index is 11.3. The Morgan fingerprint density at radius 1 is 1.15 bits per heavy atom. The van der Waals surface area contributed by atoms with Crippen LogP contribution in [0.3, 0.4) is 0 Å². The summed E-state index contributed by atoms with van der Waals surface area (Å²) in [6, 6.07) is 14.2. The molecule has 2 aromatic carbocycles. The Balaban J connectivity index is 1.89. The highest BCUT2D eigenvalue weighted by molar-refractivity contribution is 5.90. The van der Waals surface area contributed by atoms with E-state index in [0.717, 1.165) is 16.6 Å². The van der Waals surface area contributed by atoms with Gasteiger partial charge in [-0.25, -0.2) is 19.7 Å². The summed E-state index contributed by atoms with van der Waals surface area (Å²) in [5.41, 5.74) is 9.15. The lowest BCUT2D eigenvalue weighted by Gasteiger charge is -2.12. The normalized spacial score (nSPS) is 10.9. The van der Waals surface area contributed by atoms with Gasteiger partial charge in [-0.05, 0) is 36.8 Å². The van der Waals surface area contributed by atoms with Gasteiger partial charge in [0.2, 0.25) is 5.95 Å². The number of anilines is 3. The third kappa shape index (κ3) is 3.04. The van der Waals surface area contributed by atoms with E-state index in [9.17, 15) is 9.90 Å². The highest BCUT2D eigenvalue weighted by Crippen LogP contribution is 2.28. The van der Waals surface area contributed by atoms with E-state index in [0.29, 0.717) is 23.3 Å². The van der Waals surface area contributed by atoms with Gasteiger partial charge in [0, 0.05) is 11.8 Å². The second-order valence-electron chi connectivity index (χ2n) is 6.02. The number of imidazole rings is 1. The molecule has 0 amide bonds. The van der Waals surface area contributed by atoms with Crippen LogP contribution in [0, 0.1) is 6.92 Å². The van der Waals surface area contributed by atoms with Gasteiger partial charge in [0.15, 0.2) is 0 Å². The molecule has 0 atom stereocenters. The molecule has 8 nitrogen and oxygen atoms in total. The van der Waals surface area contributed by atoms with Crippen LogP contribution in [-0.4, -0.2) is 30.6 Å². The van der Waals surface area contributed by atoms with Gasteiger partial charge in [0.05, 0.1) is 16.6 Å². The number of nitrogens with zero attached hydrogens (tertiary/aromatic N) is 4. The molecule has 0 aliphatic carbocycles. The van der Waals surface area contributed by atoms with Gasteiger partial charge >= 0.3 is 5.97 Å². The number of aromatic nitrogens is 4. The zero-order chi connectivity index (χ0) is 19.0. The van der Waals surface area contributed by atoms with E-state index in [-0.39, 0.29) is 5.56 Å². The average Bonchev–Trinajstić information content (AvgIpc) is 3.01. The quantitative estimate of drug-likeness (QED) is 0.511. The number of fused-ring (bicyclic) bond motifs is 1. The van der Waals surface area contributed by atoms with Crippen LogP contribution in [0.1, 0.15) is 15.9 Å². The first-order chi connectivity index (χ1) is 13.0. The maximum Gasteiger partial charge on any atom is 0.335 e. The van der Waals surface area contributed by atoms with Crippen LogP contribution in [0.15, 0.2) is 54.9 Å². The molecular weight excluding hydrogens is 344 g/mol. The third-order valence-corrected chi connectivity index (χ3v) is 4.19. The SMILES string of the molecule is Cc1ccc(C(=O)O)cc1Nc1nc2ccccc2n1-c1cc(N)ncn1. The standard InChI is InChI=1S/C19H16N6O2/c1-11-6-7-12(18(26)27)8-14(11)24-19-23-13-4-2-3-5-15(13)25(19)17-9-16(20)21-10-22-17/h2-10H,1H3,(H,23,24)(H,26,27)(H2,20,21,22). The lowest BCUT2D eigenvalue weighted by Crippen LogP contribution is -2.06. The highest BCUT2D eigenvalue weighted by Gasteiger charge is 2.15. The van der Waals surface area contributed by atoms with Crippen molar-refractivity contribution >= 4 is 34.5 Å². The van der Waals surface area contributed by atoms with Gasteiger partial charge in [-0.3, -0.25) is 4.57 Å². The first-order valence-corrected chi connectivity index (χ1v) is 8.19. The summed E-state index contributed by atoms with van der Waals surface area (Å²) in [4.78, 5) is 24.2. The molecular formula is C19H16N6O2. The van der Waals surface area contributed by atoms with Crippen molar-refractivity contribution in [1.82, 2.24) is 19.5 Å². The Bertz CT molecular complexity index is 1170. The smallest absolute Gasteiger partial charge is 0.335 e. The van der Waals surface area contributed by atoms with Gasteiger partial charge < -0.3 is 16.2 Å². The summed E-state index contributed by atoms with van der Waals surface area (Å²) in [5, 5.41) is 12.5. The predicted molar refractivity (Wildman–Crippen MR) is 102 cm³/mol. The molecule has 2 aromatic heterocycles. The molecule has 134 valence electrons. The van der Waals surface area contributed by atoms with Crippen LogP contribution in [0.5, 0.6) is 0 Å². The van der Waals surface area contributed by atoms with Gasteiger partial charge in [0.25, 0.3) is 0 Å². The number of aryl methyl sites for hydroxylation is 1. The molecule has 0 saturated heterocycles. The van der Waals surface area contributed by atoms with E-state index in [1.54, 1.807) is 24.3 Å². The second-order valence-corrected chi connectivity index (χ2v) is 6.02. The number of carbonyl (C=O) groups is 1. The first kappa shape index (κ1) is 16.5. The molecule has 4 rings (SSSR count). The molecule has 27 heavy (non-hydrogen) atoms. The Labute approximate surface area is 154 Å². The van der Waals surface area contributed by atoms with Crippen molar-refractivity contribution in [3.63, 3.8) is 0 Å². The number of benzene rings is 2. The van der Waals surface area contributed by atoms with Crippen molar-refractivity contribution in [2.75, 3.05) is 11.1 Å². The minimum atomic E-state index is -0.991. The zero-order valence-corrected chi connectivity index (χ0v) is 14.4. The largest absolute Gasteiger partial charge is 0.478 e. The van der Waals surface area contributed by atoms with Crippen LogP contribution in [0.2, 0.25) is 0 Å². The number of hydrogen-bond donors (Lipinski definition) is 3. The van der Waals surface area contributed by atoms with Crippen molar-refractivity contribution in [2.24, 2.45) is 0 Å². The molecule has 0 unspecified atom stereocenters. The number of aromatic carboxylic acids is 1. The number of para-hydroxylation sites is 2. The Kier molecular flexibility index (Phi) is 3.92. The van der Waals surface area contributed by atoms with Gasteiger partial charge in [-0.2, -0.15) is 0 Å². The fourth-order valence-corrected chi connectivity index (χ4v) is 2.84. The summed E-state index contributed by atoms with van der Waals surface area (Å²) in [5.74, 6) is 0.411. The minimum Gasteiger partial charge on any atom is -0.478 e. The van der Waals surface area contributed by atoms with E-state index in [2.05, 4.69) is 20.3 Å².